The number of benzene rings is 1. The van der Waals surface area contributed by atoms with Gasteiger partial charge >= 0.3 is 0 Å². The number of hydrazine groups is 1. The quantitative estimate of drug-likeness (QED) is 0.620. The molecule has 0 amide bonds. The summed E-state index contributed by atoms with van der Waals surface area (Å²) in [7, 11) is 1.70. The molecule has 0 radical (unpaired) electrons. The molecular weight excluding hydrogens is 271 g/mol. The number of ether oxygens (including phenoxy) is 1. The van der Waals surface area contributed by atoms with Crippen molar-refractivity contribution in [2.24, 2.45) is 5.84 Å². The SMILES string of the molecule is COC(C)(C)CCC(NN)c1c(Cl)cccc1Cl. The van der Waals surface area contributed by atoms with Crippen molar-refractivity contribution in [2.75, 3.05) is 7.11 Å². The van der Waals surface area contributed by atoms with Gasteiger partial charge in [0.1, 0.15) is 0 Å². The lowest BCUT2D eigenvalue weighted by Crippen LogP contribution is -2.31. The second-order valence-corrected chi connectivity index (χ2v) is 5.67. The van der Waals surface area contributed by atoms with E-state index < -0.39 is 0 Å². The van der Waals surface area contributed by atoms with Gasteiger partial charge in [-0.1, -0.05) is 29.3 Å². The molecule has 0 saturated carbocycles. The average molecular weight is 291 g/mol. The maximum atomic E-state index is 6.18. The minimum atomic E-state index is -0.192. The highest BCUT2D eigenvalue weighted by molar-refractivity contribution is 6.36. The van der Waals surface area contributed by atoms with Crippen molar-refractivity contribution in [3.63, 3.8) is 0 Å². The van der Waals surface area contributed by atoms with Crippen LogP contribution in [0.15, 0.2) is 18.2 Å². The zero-order valence-corrected chi connectivity index (χ0v) is 12.5. The number of halogens is 2. The van der Waals surface area contributed by atoms with Crippen molar-refractivity contribution >= 4 is 23.2 Å². The molecule has 5 heteroatoms. The lowest BCUT2D eigenvalue weighted by molar-refractivity contribution is 0.0117. The van der Waals surface area contributed by atoms with E-state index in [-0.39, 0.29) is 11.6 Å². The first kappa shape index (κ1) is 15.7. The fraction of sp³-hybridized carbons (Fsp3) is 0.538. The number of hydrogen-bond acceptors (Lipinski definition) is 3. The second-order valence-electron chi connectivity index (χ2n) is 4.86. The lowest BCUT2D eigenvalue weighted by Gasteiger charge is -2.26. The zero-order valence-electron chi connectivity index (χ0n) is 11.0. The van der Waals surface area contributed by atoms with E-state index >= 15 is 0 Å². The van der Waals surface area contributed by atoms with E-state index in [4.69, 9.17) is 33.8 Å². The number of methoxy groups -OCH3 is 1. The first-order chi connectivity index (χ1) is 8.41. The van der Waals surface area contributed by atoms with Crippen molar-refractivity contribution < 1.29 is 4.74 Å². The standard InChI is InChI=1S/C13H20Cl2N2O/c1-13(2,18-3)8-7-11(17-16)12-9(14)5-4-6-10(12)15/h4-6,11,17H,7-8,16H2,1-3H3. The van der Waals surface area contributed by atoms with Crippen LogP contribution >= 0.6 is 23.2 Å². The predicted octanol–water partition coefficient (Wildman–Crippen LogP) is 3.70. The van der Waals surface area contributed by atoms with E-state index in [0.29, 0.717) is 10.0 Å². The highest BCUT2D eigenvalue weighted by Crippen LogP contribution is 2.33. The molecule has 102 valence electrons. The third kappa shape index (κ3) is 4.11. The average Bonchev–Trinajstić information content (AvgIpc) is 2.33. The van der Waals surface area contributed by atoms with Crippen LogP contribution in [0, 0.1) is 0 Å². The Bertz CT molecular complexity index is 376. The van der Waals surface area contributed by atoms with E-state index in [1.54, 1.807) is 7.11 Å². The highest BCUT2D eigenvalue weighted by Gasteiger charge is 2.22. The smallest absolute Gasteiger partial charge is 0.0623 e. The molecule has 1 unspecified atom stereocenters. The second kappa shape index (κ2) is 6.73. The third-order valence-electron chi connectivity index (χ3n) is 3.14. The van der Waals surface area contributed by atoms with Gasteiger partial charge in [0.05, 0.1) is 5.60 Å². The van der Waals surface area contributed by atoms with Crippen molar-refractivity contribution in [3.05, 3.63) is 33.8 Å². The van der Waals surface area contributed by atoms with Gasteiger partial charge in [-0.3, -0.25) is 11.3 Å². The number of nitrogens with one attached hydrogen (secondary N) is 1. The minimum absolute atomic E-state index is 0.0828. The van der Waals surface area contributed by atoms with Crippen molar-refractivity contribution in [1.29, 1.82) is 0 Å². The van der Waals surface area contributed by atoms with Gasteiger partial charge in [0, 0.05) is 28.8 Å². The Labute approximate surface area is 119 Å². The van der Waals surface area contributed by atoms with E-state index in [1.165, 1.54) is 0 Å². The molecule has 1 aromatic rings. The summed E-state index contributed by atoms with van der Waals surface area (Å²) < 4.78 is 5.39. The van der Waals surface area contributed by atoms with Gasteiger partial charge < -0.3 is 4.74 Å². The molecule has 3 nitrogen and oxygen atoms in total. The van der Waals surface area contributed by atoms with Crippen molar-refractivity contribution in [1.82, 2.24) is 5.43 Å². The van der Waals surface area contributed by atoms with Gasteiger partial charge in [0.25, 0.3) is 0 Å². The fourth-order valence-corrected chi connectivity index (χ4v) is 2.41. The van der Waals surface area contributed by atoms with Crippen LogP contribution < -0.4 is 11.3 Å². The third-order valence-corrected chi connectivity index (χ3v) is 3.80. The lowest BCUT2D eigenvalue weighted by atomic mass is 9.95. The summed E-state index contributed by atoms with van der Waals surface area (Å²) in [6.45, 7) is 4.07. The van der Waals surface area contributed by atoms with Crippen LogP contribution in [0.4, 0.5) is 0 Å². The van der Waals surface area contributed by atoms with Crippen LogP contribution in [0.3, 0.4) is 0 Å². The summed E-state index contributed by atoms with van der Waals surface area (Å²) in [5.41, 5.74) is 3.42. The molecular formula is C13H20Cl2N2O. The molecule has 18 heavy (non-hydrogen) atoms. The molecule has 0 fully saturated rings. The van der Waals surface area contributed by atoms with Crippen LogP contribution in [0.1, 0.15) is 38.3 Å². The van der Waals surface area contributed by atoms with Crippen molar-refractivity contribution in [3.8, 4) is 0 Å². The summed E-state index contributed by atoms with van der Waals surface area (Å²) in [5, 5.41) is 1.25. The maximum absolute atomic E-state index is 6.18. The number of hydrogen-bond donors (Lipinski definition) is 2. The maximum Gasteiger partial charge on any atom is 0.0623 e. The normalized spacial score (nSPS) is 13.7. The molecule has 0 aromatic heterocycles. The Hall–Kier alpha value is -0.320. The summed E-state index contributed by atoms with van der Waals surface area (Å²) in [4.78, 5) is 0. The van der Waals surface area contributed by atoms with Gasteiger partial charge in [0.2, 0.25) is 0 Å². The van der Waals surface area contributed by atoms with Gasteiger partial charge in [-0.05, 0) is 38.8 Å². The number of nitrogens with two attached hydrogens (primary N) is 1. The molecule has 3 N–H and O–H groups in total. The van der Waals surface area contributed by atoms with Crippen LogP contribution in [0.25, 0.3) is 0 Å². The van der Waals surface area contributed by atoms with E-state index in [2.05, 4.69) is 5.43 Å². The largest absolute Gasteiger partial charge is 0.379 e. The Morgan fingerprint density at radius 2 is 1.89 bits per heavy atom. The Morgan fingerprint density at radius 3 is 2.33 bits per heavy atom. The molecule has 1 atom stereocenters. The summed E-state index contributed by atoms with van der Waals surface area (Å²) in [5.74, 6) is 5.61. The molecule has 0 bridgehead atoms. The fourth-order valence-electron chi connectivity index (χ4n) is 1.75. The summed E-state index contributed by atoms with van der Waals surface area (Å²) in [6, 6.07) is 5.37. The Morgan fingerprint density at radius 1 is 1.33 bits per heavy atom. The minimum Gasteiger partial charge on any atom is -0.379 e. The Balaban J connectivity index is 2.84. The molecule has 0 saturated heterocycles. The first-order valence-electron chi connectivity index (χ1n) is 5.86. The van der Waals surface area contributed by atoms with E-state index in [0.717, 1.165) is 18.4 Å². The van der Waals surface area contributed by atoms with E-state index in [1.807, 2.05) is 32.0 Å². The van der Waals surface area contributed by atoms with Gasteiger partial charge in [-0.2, -0.15) is 0 Å². The molecule has 0 heterocycles. The topological polar surface area (TPSA) is 47.3 Å². The molecule has 1 aromatic carbocycles. The molecule has 0 aliphatic rings. The molecule has 1 rings (SSSR count). The molecule has 0 aliphatic heterocycles. The van der Waals surface area contributed by atoms with Gasteiger partial charge in [0.15, 0.2) is 0 Å². The molecule has 0 spiro atoms. The van der Waals surface area contributed by atoms with Crippen molar-refractivity contribution in [2.45, 2.75) is 38.3 Å². The van der Waals surface area contributed by atoms with Crippen LogP contribution in [-0.4, -0.2) is 12.7 Å². The Kier molecular flexibility index (Phi) is 5.89. The summed E-state index contributed by atoms with van der Waals surface area (Å²) in [6.07, 6.45) is 1.64. The summed E-state index contributed by atoms with van der Waals surface area (Å²) >= 11 is 12.4. The van der Waals surface area contributed by atoms with Gasteiger partial charge in [-0.25, -0.2) is 0 Å². The van der Waals surface area contributed by atoms with E-state index in [9.17, 15) is 0 Å². The predicted molar refractivity (Wildman–Crippen MR) is 76.8 cm³/mol. The molecule has 0 aliphatic carbocycles. The monoisotopic (exact) mass is 290 g/mol. The van der Waals surface area contributed by atoms with Crippen LogP contribution in [-0.2, 0) is 4.74 Å². The zero-order chi connectivity index (χ0) is 13.8. The number of rotatable bonds is 6. The first-order valence-corrected chi connectivity index (χ1v) is 6.62. The van der Waals surface area contributed by atoms with Gasteiger partial charge in [-0.15, -0.1) is 0 Å². The highest BCUT2D eigenvalue weighted by atomic mass is 35.5. The van der Waals surface area contributed by atoms with Crippen LogP contribution in [0.5, 0.6) is 0 Å². The van der Waals surface area contributed by atoms with Crippen LogP contribution in [0.2, 0.25) is 10.0 Å².